The summed E-state index contributed by atoms with van der Waals surface area (Å²) in [6.07, 6.45) is 6.60. The van der Waals surface area contributed by atoms with Crippen molar-refractivity contribution in [3.8, 4) is 0 Å². The van der Waals surface area contributed by atoms with E-state index in [-0.39, 0.29) is 0 Å². The van der Waals surface area contributed by atoms with Gasteiger partial charge in [-0.15, -0.1) is 0 Å². The highest BCUT2D eigenvalue weighted by Gasteiger charge is 2.31. The molecule has 1 aromatic rings. The molecule has 0 bridgehead atoms. The molecule has 3 unspecified atom stereocenters. The van der Waals surface area contributed by atoms with Crippen LogP contribution in [0.15, 0.2) is 6.07 Å². The molecule has 0 spiro atoms. The molecule has 1 aromatic heterocycles. The van der Waals surface area contributed by atoms with Crippen molar-refractivity contribution in [2.75, 3.05) is 7.05 Å². The Balaban J connectivity index is 2.18. The molecule has 1 N–H and O–H groups in total. The number of likely N-dealkylation sites (N-methyl/N-ethyl adjacent to an activating group) is 1. The maximum Gasteiger partial charge on any atom is 0.0677 e. The lowest BCUT2D eigenvalue weighted by atomic mass is 9.80. The number of hydrogen-bond donors (Lipinski definition) is 1. The van der Waals surface area contributed by atoms with Crippen LogP contribution < -0.4 is 5.32 Å². The summed E-state index contributed by atoms with van der Waals surface area (Å²) in [5, 5.41) is 8.19. The summed E-state index contributed by atoms with van der Waals surface area (Å²) in [5.41, 5.74) is 2.44. The van der Waals surface area contributed by atoms with Gasteiger partial charge in [0, 0.05) is 11.7 Å². The zero-order valence-electron chi connectivity index (χ0n) is 12.2. The fourth-order valence-electron chi connectivity index (χ4n) is 3.49. The minimum Gasteiger partial charge on any atom is -0.315 e. The van der Waals surface area contributed by atoms with Crippen LogP contribution in [0.5, 0.6) is 0 Å². The lowest BCUT2D eigenvalue weighted by Gasteiger charge is -2.36. The minimum absolute atomic E-state index is 0.536. The lowest BCUT2D eigenvalue weighted by Crippen LogP contribution is -2.40. The van der Waals surface area contributed by atoms with Gasteiger partial charge in [0.05, 0.1) is 11.7 Å². The van der Waals surface area contributed by atoms with Crippen LogP contribution in [-0.4, -0.2) is 22.9 Å². The molecular formula is C15H27N3. The molecule has 0 aliphatic heterocycles. The molecule has 3 atom stereocenters. The standard InChI is InChI=1S/C15H27N3/c1-5-6-13-7-8-14(16-4)15(10-13)18-12(3)9-11(2)17-18/h9,13-16H,5-8,10H2,1-4H3. The van der Waals surface area contributed by atoms with Crippen LogP contribution in [0.4, 0.5) is 0 Å². The molecule has 18 heavy (non-hydrogen) atoms. The normalized spacial score (nSPS) is 28.6. The van der Waals surface area contributed by atoms with Gasteiger partial charge < -0.3 is 5.32 Å². The Hall–Kier alpha value is -0.830. The second-order valence-corrected chi connectivity index (χ2v) is 5.80. The topological polar surface area (TPSA) is 29.9 Å². The van der Waals surface area contributed by atoms with Crippen LogP contribution in [0.2, 0.25) is 0 Å². The summed E-state index contributed by atoms with van der Waals surface area (Å²) in [4.78, 5) is 0. The van der Waals surface area contributed by atoms with Gasteiger partial charge in [-0.1, -0.05) is 19.8 Å². The van der Waals surface area contributed by atoms with E-state index in [2.05, 4.69) is 43.9 Å². The molecular weight excluding hydrogens is 222 g/mol. The van der Waals surface area contributed by atoms with E-state index in [4.69, 9.17) is 5.10 Å². The molecule has 1 aliphatic rings. The van der Waals surface area contributed by atoms with Gasteiger partial charge in [0.1, 0.15) is 0 Å². The van der Waals surface area contributed by atoms with Crippen LogP contribution in [0.25, 0.3) is 0 Å². The third kappa shape index (κ3) is 2.77. The molecule has 1 heterocycles. The second-order valence-electron chi connectivity index (χ2n) is 5.80. The Morgan fingerprint density at radius 3 is 2.72 bits per heavy atom. The molecule has 102 valence electrons. The summed E-state index contributed by atoms with van der Waals surface area (Å²) >= 11 is 0. The van der Waals surface area contributed by atoms with Gasteiger partial charge in [0.25, 0.3) is 0 Å². The quantitative estimate of drug-likeness (QED) is 0.888. The number of nitrogens with one attached hydrogen (secondary N) is 1. The molecule has 2 rings (SSSR count). The second kappa shape index (κ2) is 5.87. The summed E-state index contributed by atoms with van der Waals surface area (Å²) < 4.78 is 2.26. The summed E-state index contributed by atoms with van der Waals surface area (Å²) in [6, 6.07) is 3.31. The average Bonchev–Trinajstić information content (AvgIpc) is 2.69. The number of nitrogens with zero attached hydrogens (tertiary/aromatic N) is 2. The van der Waals surface area contributed by atoms with Crippen molar-refractivity contribution in [3.05, 3.63) is 17.5 Å². The van der Waals surface area contributed by atoms with E-state index in [0.29, 0.717) is 12.1 Å². The predicted octanol–water partition coefficient (Wildman–Crippen LogP) is 3.23. The van der Waals surface area contributed by atoms with E-state index >= 15 is 0 Å². The first-order valence-corrected chi connectivity index (χ1v) is 7.35. The summed E-state index contributed by atoms with van der Waals surface area (Å²) in [5.74, 6) is 0.883. The van der Waals surface area contributed by atoms with E-state index in [1.54, 1.807) is 0 Å². The van der Waals surface area contributed by atoms with Crippen molar-refractivity contribution >= 4 is 0 Å². The fraction of sp³-hybridized carbons (Fsp3) is 0.800. The summed E-state index contributed by atoms with van der Waals surface area (Å²) in [7, 11) is 2.09. The van der Waals surface area contributed by atoms with Crippen molar-refractivity contribution in [1.82, 2.24) is 15.1 Å². The maximum atomic E-state index is 4.70. The Kier molecular flexibility index (Phi) is 4.44. The van der Waals surface area contributed by atoms with Crippen molar-refractivity contribution in [2.24, 2.45) is 5.92 Å². The van der Waals surface area contributed by atoms with Crippen molar-refractivity contribution in [3.63, 3.8) is 0 Å². The first-order valence-electron chi connectivity index (χ1n) is 7.35. The first kappa shape index (κ1) is 13.6. The number of rotatable bonds is 4. The minimum atomic E-state index is 0.536. The van der Waals surface area contributed by atoms with E-state index < -0.39 is 0 Å². The zero-order chi connectivity index (χ0) is 13.1. The van der Waals surface area contributed by atoms with Crippen LogP contribution in [0.1, 0.15) is 56.5 Å². The highest BCUT2D eigenvalue weighted by Crippen LogP contribution is 2.35. The third-order valence-corrected chi connectivity index (χ3v) is 4.35. The van der Waals surface area contributed by atoms with Crippen molar-refractivity contribution in [1.29, 1.82) is 0 Å². The lowest BCUT2D eigenvalue weighted by molar-refractivity contribution is 0.190. The molecule has 1 saturated carbocycles. The maximum absolute atomic E-state index is 4.70. The number of aryl methyl sites for hydroxylation is 2. The fourth-order valence-corrected chi connectivity index (χ4v) is 3.49. The van der Waals surface area contributed by atoms with E-state index in [1.807, 2.05) is 0 Å². The monoisotopic (exact) mass is 249 g/mol. The van der Waals surface area contributed by atoms with Gasteiger partial charge in [-0.2, -0.15) is 5.10 Å². The SMILES string of the molecule is CCCC1CCC(NC)C(n2nc(C)cc2C)C1. The Labute approximate surface area is 111 Å². The Morgan fingerprint density at radius 1 is 1.39 bits per heavy atom. The number of hydrogen-bond acceptors (Lipinski definition) is 2. The van der Waals surface area contributed by atoms with Gasteiger partial charge in [-0.05, 0) is 52.1 Å². The average molecular weight is 249 g/mol. The van der Waals surface area contributed by atoms with Crippen LogP contribution in [-0.2, 0) is 0 Å². The van der Waals surface area contributed by atoms with E-state index in [1.165, 1.54) is 37.8 Å². The van der Waals surface area contributed by atoms with Crippen LogP contribution in [0.3, 0.4) is 0 Å². The predicted molar refractivity (Wildman–Crippen MR) is 75.8 cm³/mol. The highest BCUT2D eigenvalue weighted by molar-refractivity contribution is 5.09. The third-order valence-electron chi connectivity index (χ3n) is 4.35. The smallest absolute Gasteiger partial charge is 0.0677 e. The van der Waals surface area contributed by atoms with Gasteiger partial charge in [0.15, 0.2) is 0 Å². The zero-order valence-corrected chi connectivity index (χ0v) is 12.2. The van der Waals surface area contributed by atoms with E-state index in [0.717, 1.165) is 11.6 Å². The van der Waals surface area contributed by atoms with E-state index in [9.17, 15) is 0 Å². The molecule has 1 fully saturated rings. The Morgan fingerprint density at radius 2 is 2.17 bits per heavy atom. The summed E-state index contributed by atoms with van der Waals surface area (Å²) in [6.45, 7) is 6.56. The van der Waals surface area contributed by atoms with Gasteiger partial charge >= 0.3 is 0 Å². The van der Waals surface area contributed by atoms with Crippen LogP contribution >= 0.6 is 0 Å². The van der Waals surface area contributed by atoms with Crippen molar-refractivity contribution in [2.45, 2.75) is 65.0 Å². The largest absolute Gasteiger partial charge is 0.315 e. The highest BCUT2D eigenvalue weighted by atomic mass is 15.3. The first-order chi connectivity index (χ1) is 8.65. The number of aromatic nitrogens is 2. The molecule has 1 aliphatic carbocycles. The van der Waals surface area contributed by atoms with Crippen LogP contribution in [0, 0.1) is 19.8 Å². The van der Waals surface area contributed by atoms with Gasteiger partial charge in [-0.3, -0.25) is 4.68 Å². The Bertz CT molecular complexity index is 383. The molecule has 3 heteroatoms. The van der Waals surface area contributed by atoms with Gasteiger partial charge in [-0.25, -0.2) is 0 Å². The molecule has 0 radical (unpaired) electrons. The molecule has 0 saturated heterocycles. The molecule has 0 amide bonds. The molecule has 3 nitrogen and oxygen atoms in total. The molecule has 0 aromatic carbocycles. The van der Waals surface area contributed by atoms with Crippen molar-refractivity contribution < 1.29 is 0 Å². The van der Waals surface area contributed by atoms with Gasteiger partial charge in [0.2, 0.25) is 0 Å².